The van der Waals surface area contributed by atoms with Crippen molar-refractivity contribution in [2.24, 2.45) is 10.9 Å². The molecule has 0 bridgehead atoms. The molecule has 0 aliphatic carbocycles. The molecular weight excluding hydrogens is 382 g/mol. The molecule has 0 spiro atoms. The first-order valence-electron chi connectivity index (χ1n) is 9.86. The molecule has 6 nitrogen and oxygen atoms in total. The standard InChI is InChI=1S/C24H23NO5/c1-27-20-8-13(9-21(28-2)24(20)29-3)22-16-11-30-12-18(16)25-17-10-19(26)14-6-4-5-7-15(14)23(17)22/h4-10,16,22,26H,11-12H2,1-3H3. The largest absolute Gasteiger partial charge is 0.507 e. The van der Waals surface area contributed by atoms with Gasteiger partial charge in [0.2, 0.25) is 5.75 Å². The lowest BCUT2D eigenvalue weighted by Crippen LogP contribution is -2.25. The van der Waals surface area contributed by atoms with Crippen LogP contribution in [0.1, 0.15) is 17.0 Å². The third-order valence-corrected chi connectivity index (χ3v) is 6.04. The summed E-state index contributed by atoms with van der Waals surface area (Å²) in [6.45, 7) is 1.09. The van der Waals surface area contributed by atoms with Crippen LogP contribution in [0.15, 0.2) is 47.5 Å². The minimum absolute atomic E-state index is 0.0193. The molecule has 1 fully saturated rings. The Kier molecular flexibility index (Phi) is 4.51. The summed E-state index contributed by atoms with van der Waals surface area (Å²) < 4.78 is 22.5. The van der Waals surface area contributed by atoms with E-state index in [1.165, 1.54) is 0 Å². The van der Waals surface area contributed by atoms with Gasteiger partial charge in [-0.1, -0.05) is 24.3 Å². The molecule has 6 heteroatoms. The lowest BCUT2D eigenvalue weighted by molar-refractivity contribution is 0.186. The average molecular weight is 405 g/mol. The zero-order valence-corrected chi connectivity index (χ0v) is 17.1. The number of phenolic OH excluding ortho intramolecular Hbond substituents is 1. The van der Waals surface area contributed by atoms with Gasteiger partial charge in [0, 0.05) is 23.3 Å². The average Bonchev–Trinajstić information content (AvgIpc) is 3.24. The first kappa shape index (κ1) is 18.8. The van der Waals surface area contributed by atoms with Crippen LogP contribution in [0.4, 0.5) is 5.69 Å². The molecule has 1 saturated heterocycles. The predicted octanol–water partition coefficient (Wildman–Crippen LogP) is 4.44. The Hall–Kier alpha value is -3.25. The molecule has 0 saturated carbocycles. The van der Waals surface area contributed by atoms with Crippen LogP contribution >= 0.6 is 0 Å². The van der Waals surface area contributed by atoms with Crippen molar-refractivity contribution in [3.63, 3.8) is 0 Å². The van der Waals surface area contributed by atoms with Crippen LogP contribution in [0.25, 0.3) is 10.8 Å². The van der Waals surface area contributed by atoms with Crippen LogP contribution in [-0.2, 0) is 4.74 Å². The Morgan fingerprint density at radius 3 is 2.33 bits per heavy atom. The number of aromatic hydroxyl groups is 1. The highest BCUT2D eigenvalue weighted by Crippen LogP contribution is 2.51. The van der Waals surface area contributed by atoms with Gasteiger partial charge in [0.15, 0.2) is 11.5 Å². The van der Waals surface area contributed by atoms with Crippen LogP contribution in [-0.4, -0.2) is 45.4 Å². The molecule has 2 aliphatic rings. The van der Waals surface area contributed by atoms with Gasteiger partial charge in [0.25, 0.3) is 0 Å². The Morgan fingerprint density at radius 2 is 1.67 bits per heavy atom. The number of nitrogens with zero attached hydrogens (tertiary/aromatic N) is 1. The number of hydrogen-bond acceptors (Lipinski definition) is 6. The Labute approximate surface area is 174 Å². The number of benzene rings is 3. The van der Waals surface area contributed by atoms with Crippen LogP contribution in [0.3, 0.4) is 0 Å². The number of fused-ring (bicyclic) bond motifs is 4. The summed E-state index contributed by atoms with van der Waals surface area (Å²) >= 11 is 0. The molecule has 2 unspecified atom stereocenters. The monoisotopic (exact) mass is 405 g/mol. The molecule has 30 heavy (non-hydrogen) atoms. The molecule has 154 valence electrons. The van der Waals surface area contributed by atoms with E-state index in [0.717, 1.165) is 33.3 Å². The zero-order valence-electron chi connectivity index (χ0n) is 17.1. The molecular formula is C24H23NO5. The van der Waals surface area contributed by atoms with E-state index >= 15 is 0 Å². The maximum Gasteiger partial charge on any atom is 0.203 e. The molecule has 2 aliphatic heterocycles. The fourth-order valence-corrected chi connectivity index (χ4v) is 4.72. The summed E-state index contributed by atoms with van der Waals surface area (Å²) in [6, 6.07) is 13.6. The third kappa shape index (κ3) is 2.71. The number of phenols is 1. The lowest BCUT2D eigenvalue weighted by atomic mass is 9.75. The molecule has 0 aromatic heterocycles. The topological polar surface area (TPSA) is 69.5 Å². The van der Waals surface area contributed by atoms with Gasteiger partial charge >= 0.3 is 0 Å². The Bertz CT molecular complexity index is 1140. The van der Waals surface area contributed by atoms with Crippen molar-refractivity contribution in [1.82, 2.24) is 0 Å². The molecule has 5 rings (SSSR count). The Morgan fingerprint density at radius 1 is 0.967 bits per heavy atom. The van der Waals surface area contributed by atoms with Gasteiger partial charge in [-0.3, -0.25) is 4.99 Å². The molecule has 3 aromatic rings. The first-order valence-corrected chi connectivity index (χ1v) is 9.86. The molecule has 1 N–H and O–H groups in total. The normalized spacial score (nSPS) is 19.8. The second-order valence-electron chi connectivity index (χ2n) is 7.54. The summed E-state index contributed by atoms with van der Waals surface area (Å²) in [7, 11) is 4.84. The third-order valence-electron chi connectivity index (χ3n) is 6.04. The first-order chi connectivity index (χ1) is 14.7. The van der Waals surface area contributed by atoms with Crippen molar-refractivity contribution in [3.05, 3.63) is 53.6 Å². The lowest BCUT2D eigenvalue weighted by Gasteiger charge is -2.31. The van der Waals surface area contributed by atoms with Crippen molar-refractivity contribution < 1.29 is 24.1 Å². The fourth-order valence-electron chi connectivity index (χ4n) is 4.72. The fraction of sp³-hybridized carbons (Fsp3) is 0.292. The van der Waals surface area contributed by atoms with E-state index in [1.807, 2.05) is 36.4 Å². The molecule has 3 aromatic carbocycles. The summed E-state index contributed by atoms with van der Waals surface area (Å²) in [6.07, 6.45) is 0. The number of hydrogen-bond donors (Lipinski definition) is 1. The van der Waals surface area contributed by atoms with Crippen LogP contribution < -0.4 is 14.2 Å². The summed E-state index contributed by atoms with van der Waals surface area (Å²) in [5.74, 6) is 2.10. The molecule has 2 atom stereocenters. The van der Waals surface area contributed by atoms with E-state index in [0.29, 0.717) is 30.5 Å². The zero-order chi connectivity index (χ0) is 20.8. The number of methoxy groups -OCH3 is 3. The highest BCUT2D eigenvalue weighted by atomic mass is 16.5. The van der Waals surface area contributed by atoms with E-state index in [-0.39, 0.29) is 17.6 Å². The van der Waals surface area contributed by atoms with Crippen molar-refractivity contribution in [1.29, 1.82) is 0 Å². The van der Waals surface area contributed by atoms with Crippen molar-refractivity contribution in [2.75, 3.05) is 34.5 Å². The van der Waals surface area contributed by atoms with E-state index < -0.39 is 0 Å². The molecule has 2 heterocycles. The summed E-state index contributed by atoms with van der Waals surface area (Å²) in [5, 5.41) is 12.4. The second kappa shape index (κ2) is 7.22. The second-order valence-corrected chi connectivity index (χ2v) is 7.54. The summed E-state index contributed by atoms with van der Waals surface area (Å²) in [4.78, 5) is 4.86. The number of aliphatic imine (C=N–C) groups is 1. The van der Waals surface area contributed by atoms with Gasteiger partial charge in [0.05, 0.1) is 45.9 Å². The molecule has 0 amide bonds. The van der Waals surface area contributed by atoms with Crippen LogP contribution in [0.2, 0.25) is 0 Å². The maximum absolute atomic E-state index is 10.6. The van der Waals surface area contributed by atoms with Crippen LogP contribution in [0, 0.1) is 5.92 Å². The van der Waals surface area contributed by atoms with E-state index in [1.54, 1.807) is 27.4 Å². The van der Waals surface area contributed by atoms with Gasteiger partial charge in [-0.15, -0.1) is 0 Å². The smallest absolute Gasteiger partial charge is 0.203 e. The van der Waals surface area contributed by atoms with Crippen molar-refractivity contribution in [2.45, 2.75) is 5.92 Å². The minimum atomic E-state index is -0.0193. The van der Waals surface area contributed by atoms with E-state index in [9.17, 15) is 5.11 Å². The van der Waals surface area contributed by atoms with Gasteiger partial charge in [-0.2, -0.15) is 0 Å². The number of ether oxygens (including phenoxy) is 4. The van der Waals surface area contributed by atoms with Gasteiger partial charge in [-0.25, -0.2) is 0 Å². The van der Waals surface area contributed by atoms with E-state index in [2.05, 4.69) is 0 Å². The van der Waals surface area contributed by atoms with Gasteiger partial charge in [-0.05, 0) is 28.6 Å². The maximum atomic E-state index is 10.6. The predicted molar refractivity (Wildman–Crippen MR) is 115 cm³/mol. The minimum Gasteiger partial charge on any atom is -0.507 e. The highest BCUT2D eigenvalue weighted by Gasteiger charge is 2.40. The molecule has 0 radical (unpaired) electrons. The van der Waals surface area contributed by atoms with E-state index in [4.69, 9.17) is 23.9 Å². The van der Waals surface area contributed by atoms with Gasteiger partial charge < -0.3 is 24.1 Å². The van der Waals surface area contributed by atoms with Crippen molar-refractivity contribution >= 4 is 22.2 Å². The highest BCUT2D eigenvalue weighted by molar-refractivity contribution is 6.02. The quantitative estimate of drug-likeness (QED) is 0.695. The SMILES string of the molecule is COc1cc(C2c3c(cc(O)c4ccccc34)N=C3COCC32)cc(OC)c1OC. The van der Waals surface area contributed by atoms with Crippen LogP contribution in [0.5, 0.6) is 23.0 Å². The van der Waals surface area contributed by atoms with Gasteiger partial charge in [0.1, 0.15) is 5.75 Å². The number of rotatable bonds is 4. The van der Waals surface area contributed by atoms with Crippen molar-refractivity contribution in [3.8, 4) is 23.0 Å². The summed E-state index contributed by atoms with van der Waals surface area (Å²) in [5.41, 5.74) is 3.89. The Balaban J connectivity index is 1.81.